The van der Waals surface area contributed by atoms with E-state index in [0.717, 1.165) is 9.35 Å². The van der Waals surface area contributed by atoms with Crippen molar-refractivity contribution < 1.29 is 19.1 Å². The Balaban J connectivity index is 1.93. The summed E-state index contributed by atoms with van der Waals surface area (Å²) in [6, 6.07) is 9.00. The molecule has 0 bridgehead atoms. The van der Waals surface area contributed by atoms with Gasteiger partial charge in [-0.1, -0.05) is 12.1 Å². The van der Waals surface area contributed by atoms with Gasteiger partial charge in [0.2, 0.25) is 5.91 Å². The van der Waals surface area contributed by atoms with Gasteiger partial charge in [0.25, 0.3) is 5.91 Å². The lowest BCUT2D eigenvalue weighted by atomic mass is 10.2. The Morgan fingerprint density at radius 2 is 1.96 bits per heavy atom. The van der Waals surface area contributed by atoms with E-state index in [9.17, 15) is 9.59 Å². The topological polar surface area (TPSA) is 67.9 Å². The summed E-state index contributed by atoms with van der Waals surface area (Å²) in [6.45, 7) is 0.256. The minimum Gasteiger partial charge on any atom is -0.493 e. The van der Waals surface area contributed by atoms with Crippen molar-refractivity contribution in [1.29, 1.82) is 0 Å². The number of benzene rings is 1. The Labute approximate surface area is 158 Å². The van der Waals surface area contributed by atoms with E-state index < -0.39 is 0 Å². The molecule has 8 heteroatoms. The van der Waals surface area contributed by atoms with E-state index in [1.54, 1.807) is 39.5 Å². The summed E-state index contributed by atoms with van der Waals surface area (Å²) in [4.78, 5) is 26.4. The Hall–Kier alpha value is -2.06. The van der Waals surface area contributed by atoms with Crippen LogP contribution >= 0.6 is 27.3 Å². The molecule has 0 saturated heterocycles. The van der Waals surface area contributed by atoms with Gasteiger partial charge in [0, 0.05) is 19.2 Å². The number of para-hydroxylation sites is 1. The molecular weight excluding hydrogens is 408 g/mol. The maximum atomic E-state index is 12.3. The Morgan fingerprint density at radius 1 is 1.20 bits per heavy atom. The van der Waals surface area contributed by atoms with Crippen LogP contribution < -0.4 is 14.8 Å². The first-order valence-corrected chi connectivity index (χ1v) is 9.04. The molecule has 1 heterocycles. The fraction of sp³-hybridized carbons (Fsp3) is 0.294. The fourth-order valence-corrected chi connectivity index (χ4v) is 3.63. The van der Waals surface area contributed by atoms with Gasteiger partial charge < -0.3 is 19.7 Å². The summed E-state index contributed by atoms with van der Waals surface area (Å²) in [7, 11) is 4.71. The first kappa shape index (κ1) is 19.3. The van der Waals surface area contributed by atoms with E-state index in [0.29, 0.717) is 16.4 Å². The third-order valence-corrected chi connectivity index (χ3v) is 5.08. The zero-order valence-corrected chi connectivity index (χ0v) is 16.6. The number of thiophene rings is 1. The van der Waals surface area contributed by atoms with Crippen molar-refractivity contribution in [3.05, 3.63) is 44.6 Å². The molecule has 0 spiro atoms. The van der Waals surface area contributed by atoms with Crippen molar-refractivity contribution in [3.63, 3.8) is 0 Å². The first-order valence-electron chi connectivity index (χ1n) is 7.43. The van der Waals surface area contributed by atoms with Gasteiger partial charge in [0.1, 0.15) is 0 Å². The minimum absolute atomic E-state index is 0.0271. The maximum absolute atomic E-state index is 12.3. The molecule has 25 heavy (non-hydrogen) atoms. The molecule has 1 N–H and O–H groups in total. The number of ether oxygens (including phenoxy) is 2. The smallest absolute Gasteiger partial charge is 0.264 e. The second-order valence-corrected chi connectivity index (χ2v) is 7.66. The van der Waals surface area contributed by atoms with E-state index in [1.807, 2.05) is 12.1 Å². The average Bonchev–Trinajstić information content (AvgIpc) is 3.04. The molecule has 2 rings (SSSR count). The molecule has 1 aromatic heterocycles. The average molecular weight is 427 g/mol. The van der Waals surface area contributed by atoms with Crippen LogP contribution in [-0.2, 0) is 11.3 Å². The first-order chi connectivity index (χ1) is 12.0. The molecule has 2 amide bonds. The van der Waals surface area contributed by atoms with Crippen LogP contribution in [0.2, 0.25) is 0 Å². The summed E-state index contributed by atoms with van der Waals surface area (Å²) in [5.41, 5.74) is 0.798. The monoisotopic (exact) mass is 426 g/mol. The van der Waals surface area contributed by atoms with Crippen molar-refractivity contribution in [1.82, 2.24) is 10.2 Å². The number of carbonyl (C=O) groups excluding carboxylic acids is 2. The van der Waals surface area contributed by atoms with E-state index in [1.165, 1.54) is 16.2 Å². The second-order valence-electron chi connectivity index (χ2n) is 5.19. The zero-order chi connectivity index (χ0) is 18.4. The van der Waals surface area contributed by atoms with Gasteiger partial charge in [-0.15, -0.1) is 11.3 Å². The molecule has 1 aromatic carbocycles. The maximum Gasteiger partial charge on any atom is 0.264 e. The van der Waals surface area contributed by atoms with Crippen LogP contribution in [-0.4, -0.2) is 44.5 Å². The zero-order valence-electron chi connectivity index (χ0n) is 14.2. The Bertz CT molecular complexity index is 763. The summed E-state index contributed by atoms with van der Waals surface area (Å²) < 4.78 is 11.4. The molecule has 134 valence electrons. The molecule has 6 nitrogen and oxygen atoms in total. The molecule has 0 saturated carbocycles. The number of halogens is 1. The molecule has 0 aliphatic carbocycles. The second kappa shape index (κ2) is 8.87. The lowest BCUT2D eigenvalue weighted by molar-refractivity contribution is -0.121. The van der Waals surface area contributed by atoms with E-state index in [4.69, 9.17) is 9.47 Å². The molecule has 0 aliphatic rings. The van der Waals surface area contributed by atoms with Gasteiger partial charge in [-0.25, -0.2) is 0 Å². The molecular formula is C17H19BrN2O4S. The SMILES string of the molecule is COc1cccc(CNC(=O)CN(C)C(=O)c2ccc(Br)s2)c1OC. The van der Waals surface area contributed by atoms with Crippen molar-refractivity contribution in [2.45, 2.75) is 6.54 Å². The van der Waals surface area contributed by atoms with Crippen LogP contribution in [0.15, 0.2) is 34.1 Å². The molecule has 2 aromatic rings. The Morgan fingerprint density at radius 3 is 2.56 bits per heavy atom. The van der Waals surface area contributed by atoms with Gasteiger partial charge in [-0.05, 0) is 34.1 Å². The van der Waals surface area contributed by atoms with Crippen LogP contribution in [0.1, 0.15) is 15.2 Å². The van der Waals surface area contributed by atoms with Crippen molar-refractivity contribution in [2.24, 2.45) is 0 Å². The number of nitrogens with zero attached hydrogens (tertiary/aromatic N) is 1. The number of hydrogen-bond donors (Lipinski definition) is 1. The Kier molecular flexibility index (Phi) is 6.83. The molecule has 0 atom stereocenters. The van der Waals surface area contributed by atoms with Gasteiger partial charge in [-0.2, -0.15) is 0 Å². The number of likely N-dealkylation sites (N-methyl/N-ethyl adjacent to an activating group) is 1. The molecule has 0 fully saturated rings. The number of amides is 2. The van der Waals surface area contributed by atoms with Crippen LogP contribution in [0.4, 0.5) is 0 Å². The van der Waals surface area contributed by atoms with Crippen LogP contribution in [0.3, 0.4) is 0 Å². The minimum atomic E-state index is -0.253. The largest absolute Gasteiger partial charge is 0.493 e. The van der Waals surface area contributed by atoms with Crippen molar-refractivity contribution >= 4 is 39.1 Å². The highest BCUT2D eigenvalue weighted by molar-refractivity contribution is 9.11. The quantitative estimate of drug-likeness (QED) is 0.738. The predicted octanol–water partition coefficient (Wildman–Crippen LogP) is 2.92. The van der Waals surface area contributed by atoms with Crippen LogP contribution in [0.5, 0.6) is 11.5 Å². The standard InChI is InChI=1S/C17H19BrN2O4S/c1-20(17(22)13-7-8-14(18)25-13)10-15(21)19-9-11-5-4-6-12(23-2)16(11)24-3/h4-8H,9-10H2,1-3H3,(H,19,21). The third-order valence-electron chi connectivity index (χ3n) is 3.47. The summed E-state index contributed by atoms with van der Waals surface area (Å²) in [6.07, 6.45) is 0. The van der Waals surface area contributed by atoms with Crippen LogP contribution in [0, 0.1) is 0 Å². The normalized spacial score (nSPS) is 10.2. The molecule has 0 aliphatic heterocycles. The van der Waals surface area contributed by atoms with E-state index >= 15 is 0 Å². The van der Waals surface area contributed by atoms with Crippen molar-refractivity contribution in [3.8, 4) is 11.5 Å². The van der Waals surface area contributed by atoms with Crippen LogP contribution in [0.25, 0.3) is 0 Å². The fourth-order valence-electron chi connectivity index (χ4n) is 2.25. The molecule has 0 radical (unpaired) electrons. The highest BCUT2D eigenvalue weighted by Gasteiger charge is 2.17. The van der Waals surface area contributed by atoms with Crippen molar-refractivity contribution in [2.75, 3.05) is 27.8 Å². The van der Waals surface area contributed by atoms with E-state index in [2.05, 4.69) is 21.2 Å². The van der Waals surface area contributed by atoms with Gasteiger partial charge in [-0.3, -0.25) is 9.59 Å². The molecule has 0 unspecified atom stereocenters. The summed E-state index contributed by atoms with van der Waals surface area (Å²) in [5, 5.41) is 2.79. The summed E-state index contributed by atoms with van der Waals surface area (Å²) >= 11 is 4.66. The number of hydrogen-bond acceptors (Lipinski definition) is 5. The highest BCUT2D eigenvalue weighted by atomic mass is 79.9. The lowest BCUT2D eigenvalue weighted by Gasteiger charge is -2.17. The van der Waals surface area contributed by atoms with E-state index in [-0.39, 0.29) is 24.9 Å². The number of methoxy groups -OCH3 is 2. The summed E-state index contributed by atoms with van der Waals surface area (Å²) in [5.74, 6) is 0.740. The number of rotatable bonds is 7. The van der Waals surface area contributed by atoms with Gasteiger partial charge in [0.05, 0.1) is 29.4 Å². The lowest BCUT2D eigenvalue weighted by Crippen LogP contribution is -2.37. The number of carbonyl (C=O) groups is 2. The highest BCUT2D eigenvalue weighted by Crippen LogP contribution is 2.30. The predicted molar refractivity (Wildman–Crippen MR) is 100 cm³/mol. The third kappa shape index (κ3) is 4.96. The number of nitrogens with one attached hydrogen (secondary N) is 1. The van der Waals surface area contributed by atoms with Gasteiger partial charge in [0.15, 0.2) is 11.5 Å². The van der Waals surface area contributed by atoms with Gasteiger partial charge >= 0.3 is 0 Å².